The van der Waals surface area contributed by atoms with Crippen LogP contribution in [-0.2, 0) is 25.9 Å². The van der Waals surface area contributed by atoms with Gasteiger partial charge in [-0.15, -0.1) is 0 Å². The number of rotatable bonds is 10. The fraction of sp³-hybridized carbons (Fsp3) is 0.333. The lowest BCUT2D eigenvalue weighted by molar-refractivity contribution is -0.135. The Kier molecular flexibility index (Phi) is 9.47. The molecule has 158 valence electrons. The average molecular weight is 424 g/mol. The molecule has 0 amide bonds. The van der Waals surface area contributed by atoms with Crippen LogP contribution < -0.4 is 0 Å². The van der Waals surface area contributed by atoms with Gasteiger partial charge in [0, 0.05) is 12.2 Å². The summed E-state index contributed by atoms with van der Waals surface area (Å²) in [5, 5.41) is 9.07. The SMILES string of the molecule is C=C(OC(CC(=O)O)=NCc1ccc(F)cc1)C(C)/C=C\C(=C/CC)S(C)(=O)=O. The van der Waals surface area contributed by atoms with Crippen LogP contribution in [-0.4, -0.2) is 31.6 Å². The molecule has 0 saturated carbocycles. The van der Waals surface area contributed by atoms with E-state index >= 15 is 0 Å². The summed E-state index contributed by atoms with van der Waals surface area (Å²) in [5.74, 6) is -1.70. The van der Waals surface area contributed by atoms with Crippen molar-refractivity contribution in [2.75, 3.05) is 6.26 Å². The Morgan fingerprint density at radius 1 is 1.34 bits per heavy atom. The predicted octanol–water partition coefficient (Wildman–Crippen LogP) is 4.26. The summed E-state index contributed by atoms with van der Waals surface area (Å²) < 4.78 is 42.0. The molecule has 0 saturated heterocycles. The van der Waals surface area contributed by atoms with Gasteiger partial charge >= 0.3 is 5.97 Å². The van der Waals surface area contributed by atoms with Gasteiger partial charge in [0.2, 0.25) is 5.90 Å². The van der Waals surface area contributed by atoms with Crippen LogP contribution in [0.2, 0.25) is 0 Å². The zero-order chi connectivity index (χ0) is 22.0. The smallest absolute Gasteiger partial charge is 0.312 e. The van der Waals surface area contributed by atoms with E-state index in [2.05, 4.69) is 11.6 Å². The standard InChI is InChI=1S/C21H26FNO5S/c1-5-6-19(29(4,26)27)12-7-15(2)16(3)28-20(13-21(24)25)23-14-17-8-10-18(22)11-9-17/h6-12,15H,3,5,13-14H2,1-2,4H3,(H,24,25)/b12-7-,19-6+,23-20?. The molecule has 0 heterocycles. The highest BCUT2D eigenvalue weighted by molar-refractivity contribution is 7.94. The molecular formula is C21H26FNO5S. The van der Waals surface area contributed by atoms with E-state index in [0.717, 1.165) is 6.26 Å². The molecule has 0 aliphatic carbocycles. The van der Waals surface area contributed by atoms with E-state index in [1.807, 2.05) is 6.92 Å². The minimum absolute atomic E-state index is 0.0421. The molecule has 0 aromatic heterocycles. The third-order valence-electron chi connectivity index (χ3n) is 3.79. The molecule has 1 unspecified atom stereocenters. The molecule has 0 aliphatic rings. The number of sulfone groups is 1. The van der Waals surface area contributed by atoms with Crippen molar-refractivity contribution in [1.29, 1.82) is 0 Å². The molecule has 1 aromatic carbocycles. The number of allylic oxidation sites excluding steroid dienone is 3. The topological polar surface area (TPSA) is 93.0 Å². The number of ether oxygens (including phenoxy) is 1. The molecule has 1 atom stereocenters. The molecule has 0 aliphatic heterocycles. The lowest BCUT2D eigenvalue weighted by Crippen LogP contribution is -2.13. The van der Waals surface area contributed by atoms with E-state index < -0.39 is 22.2 Å². The van der Waals surface area contributed by atoms with Gasteiger partial charge in [0.15, 0.2) is 9.84 Å². The van der Waals surface area contributed by atoms with Crippen molar-refractivity contribution in [2.24, 2.45) is 10.9 Å². The number of hydrogen-bond donors (Lipinski definition) is 1. The average Bonchev–Trinajstić information content (AvgIpc) is 2.62. The minimum atomic E-state index is -3.35. The highest BCUT2D eigenvalue weighted by Crippen LogP contribution is 2.17. The number of carboxylic acids is 1. The van der Waals surface area contributed by atoms with E-state index in [1.54, 1.807) is 31.2 Å². The lowest BCUT2D eigenvalue weighted by Gasteiger charge is -2.14. The molecule has 1 aromatic rings. The first-order valence-corrected chi connectivity index (χ1v) is 10.9. The lowest BCUT2D eigenvalue weighted by atomic mass is 10.1. The molecule has 29 heavy (non-hydrogen) atoms. The Morgan fingerprint density at radius 2 is 1.97 bits per heavy atom. The number of benzene rings is 1. The van der Waals surface area contributed by atoms with E-state index in [4.69, 9.17) is 9.84 Å². The van der Waals surface area contributed by atoms with Crippen molar-refractivity contribution < 1.29 is 27.4 Å². The second-order valence-electron chi connectivity index (χ2n) is 6.41. The van der Waals surface area contributed by atoms with Crippen LogP contribution >= 0.6 is 0 Å². The van der Waals surface area contributed by atoms with Gasteiger partial charge in [-0.25, -0.2) is 12.8 Å². The first-order chi connectivity index (χ1) is 13.5. The second kappa shape index (κ2) is 11.3. The molecule has 0 spiro atoms. The Balaban J connectivity index is 2.89. The second-order valence-corrected chi connectivity index (χ2v) is 8.43. The third-order valence-corrected chi connectivity index (χ3v) is 4.95. The monoisotopic (exact) mass is 423 g/mol. The van der Waals surface area contributed by atoms with Crippen LogP contribution in [0.5, 0.6) is 0 Å². The third kappa shape index (κ3) is 9.34. The maximum absolute atomic E-state index is 13.0. The quantitative estimate of drug-likeness (QED) is 0.263. The number of halogens is 1. The van der Waals surface area contributed by atoms with Crippen LogP contribution in [0.25, 0.3) is 0 Å². The van der Waals surface area contributed by atoms with Gasteiger partial charge in [-0.05, 0) is 30.2 Å². The van der Waals surface area contributed by atoms with E-state index in [0.29, 0.717) is 12.0 Å². The molecular weight excluding hydrogens is 397 g/mol. The molecule has 0 bridgehead atoms. The molecule has 8 heteroatoms. The summed E-state index contributed by atoms with van der Waals surface area (Å²) in [6.07, 6.45) is 5.94. The van der Waals surface area contributed by atoms with Crippen LogP contribution in [0.3, 0.4) is 0 Å². The van der Waals surface area contributed by atoms with Gasteiger partial charge in [-0.2, -0.15) is 0 Å². The molecule has 1 rings (SSSR count). The zero-order valence-electron chi connectivity index (χ0n) is 16.8. The van der Waals surface area contributed by atoms with E-state index in [1.165, 1.54) is 18.2 Å². The van der Waals surface area contributed by atoms with Crippen molar-refractivity contribution in [3.63, 3.8) is 0 Å². The minimum Gasteiger partial charge on any atom is -0.481 e. The number of aliphatic carboxylic acids is 1. The fourth-order valence-corrected chi connectivity index (χ4v) is 2.95. The summed E-state index contributed by atoms with van der Waals surface area (Å²) in [6, 6.07) is 5.67. The normalized spacial score (nSPS) is 14.1. The summed E-state index contributed by atoms with van der Waals surface area (Å²) in [6.45, 7) is 7.48. The Morgan fingerprint density at radius 3 is 2.48 bits per heavy atom. The van der Waals surface area contributed by atoms with Crippen molar-refractivity contribution >= 4 is 21.7 Å². The van der Waals surface area contributed by atoms with E-state index in [-0.39, 0.29) is 34.8 Å². The van der Waals surface area contributed by atoms with Gasteiger partial charge in [0.1, 0.15) is 18.0 Å². The number of hydrogen-bond acceptors (Lipinski definition) is 5. The largest absolute Gasteiger partial charge is 0.481 e. The van der Waals surface area contributed by atoms with Gasteiger partial charge < -0.3 is 9.84 Å². The summed E-state index contributed by atoms with van der Waals surface area (Å²) >= 11 is 0. The molecule has 6 nitrogen and oxygen atoms in total. The van der Waals surface area contributed by atoms with Crippen LogP contribution in [0.1, 0.15) is 32.3 Å². The Bertz CT molecular complexity index is 915. The van der Waals surface area contributed by atoms with Crippen molar-refractivity contribution in [2.45, 2.75) is 33.2 Å². The molecule has 0 fully saturated rings. The van der Waals surface area contributed by atoms with Gasteiger partial charge in [-0.3, -0.25) is 9.79 Å². The van der Waals surface area contributed by atoms with Gasteiger partial charge in [-0.1, -0.05) is 44.7 Å². The van der Waals surface area contributed by atoms with Gasteiger partial charge in [0.05, 0.1) is 11.4 Å². The van der Waals surface area contributed by atoms with Crippen LogP contribution in [0.4, 0.5) is 4.39 Å². The summed E-state index contributed by atoms with van der Waals surface area (Å²) in [7, 11) is -3.35. The van der Waals surface area contributed by atoms with Gasteiger partial charge in [0.25, 0.3) is 0 Å². The highest BCUT2D eigenvalue weighted by atomic mass is 32.2. The first kappa shape index (κ1) is 24.3. The first-order valence-electron chi connectivity index (χ1n) is 8.97. The number of carboxylic acid groups (broad SMARTS) is 1. The van der Waals surface area contributed by atoms with Crippen molar-refractivity contribution in [1.82, 2.24) is 0 Å². The maximum atomic E-state index is 13.0. The van der Waals surface area contributed by atoms with Crippen LogP contribution in [0.15, 0.2) is 64.7 Å². The molecule has 1 N–H and O–H groups in total. The number of nitrogens with zero attached hydrogens (tertiary/aromatic N) is 1. The summed E-state index contributed by atoms with van der Waals surface area (Å²) in [4.78, 5) is 15.4. The van der Waals surface area contributed by atoms with Crippen LogP contribution in [0, 0.1) is 11.7 Å². The number of aliphatic imine (C=N–C) groups is 1. The zero-order valence-corrected chi connectivity index (χ0v) is 17.6. The van der Waals surface area contributed by atoms with Crippen molar-refractivity contribution in [3.8, 4) is 0 Å². The molecule has 0 radical (unpaired) electrons. The number of carbonyl (C=O) groups is 1. The summed E-state index contributed by atoms with van der Waals surface area (Å²) in [5.41, 5.74) is 0.693. The Hall–Kier alpha value is -2.74. The maximum Gasteiger partial charge on any atom is 0.312 e. The highest BCUT2D eigenvalue weighted by Gasteiger charge is 2.14. The van der Waals surface area contributed by atoms with E-state index in [9.17, 15) is 17.6 Å². The predicted molar refractivity (Wildman–Crippen MR) is 112 cm³/mol. The fourth-order valence-electron chi connectivity index (χ4n) is 2.16. The Labute approximate surface area is 171 Å². The van der Waals surface area contributed by atoms with Crippen molar-refractivity contribution in [3.05, 3.63) is 71.1 Å².